The Morgan fingerprint density at radius 3 is 3.07 bits per heavy atom. The van der Waals surface area contributed by atoms with Gasteiger partial charge in [0.25, 0.3) is 0 Å². The molecule has 1 N–H and O–H groups in total. The van der Waals surface area contributed by atoms with Crippen molar-refractivity contribution in [2.24, 2.45) is 0 Å². The van der Waals surface area contributed by atoms with Gasteiger partial charge in [0, 0.05) is 24.1 Å². The quantitative estimate of drug-likeness (QED) is 0.766. The van der Waals surface area contributed by atoms with Crippen molar-refractivity contribution in [3.8, 4) is 0 Å². The summed E-state index contributed by atoms with van der Waals surface area (Å²) in [4.78, 5) is 2.30. The molecule has 0 bridgehead atoms. The highest BCUT2D eigenvalue weighted by molar-refractivity contribution is 9.10. The third kappa shape index (κ3) is 1.73. The van der Waals surface area contributed by atoms with Crippen LogP contribution in [0.1, 0.15) is 13.3 Å². The molecule has 1 aliphatic heterocycles. The summed E-state index contributed by atoms with van der Waals surface area (Å²) in [6, 6.07) is 6.85. The van der Waals surface area contributed by atoms with Crippen molar-refractivity contribution >= 4 is 27.3 Å². The molecule has 0 saturated heterocycles. The molecule has 76 valence electrons. The van der Waals surface area contributed by atoms with Gasteiger partial charge in [-0.3, -0.25) is 0 Å². The summed E-state index contributed by atoms with van der Waals surface area (Å²) in [6.45, 7) is 3.33. The normalized spacial score (nSPS) is 21.1. The van der Waals surface area contributed by atoms with Crippen LogP contribution >= 0.6 is 15.9 Å². The van der Waals surface area contributed by atoms with E-state index < -0.39 is 0 Å². The fraction of sp³-hybridized carbons (Fsp3) is 0.455. The van der Waals surface area contributed by atoms with Gasteiger partial charge in [-0.2, -0.15) is 0 Å². The zero-order valence-corrected chi connectivity index (χ0v) is 10.1. The second-order valence-electron chi connectivity index (χ2n) is 3.89. The number of para-hydroxylation sites is 1. The second kappa shape index (κ2) is 3.81. The Morgan fingerprint density at radius 2 is 2.29 bits per heavy atom. The Hall–Kier alpha value is -0.700. The maximum atomic E-state index is 3.60. The first-order valence-electron chi connectivity index (χ1n) is 4.94. The van der Waals surface area contributed by atoms with Gasteiger partial charge in [-0.1, -0.05) is 6.07 Å². The van der Waals surface area contributed by atoms with Crippen molar-refractivity contribution in [3.63, 3.8) is 0 Å². The summed E-state index contributed by atoms with van der Waals surface area (Å²) in [6.07, 6.45) is 1.18. The topological polar surface area (TPSA) is 15.3 Å². The zero-order valence-electron chi connectivity index (χ0n) is 8.55. The van der Waals surface area contributed by atoms with Crippen LogP contribution in [0.3, 0.4) is 0 Å². The van der Waals surface area contributed by atoms with Crippen molar-refractivity contribution in [1.29, 1.82) is 0 Å². The summed E-state index contributed by atoms with van der Waals surface area (Å²) < 4.78 is 1.17. The Kier molecular flexibility index (Phi) is 2.68. The number of nitrogens with zero attached hydrogens (tertiary/aromatic N) is 1. The number of rotatable bonds is 0. The Labute approximate surface area is 93.4 Å². The van der Waals surface area contributed by atoms with Crippen LogP contribution in [0.25, 0.3) is 0 Å². The number of hydrogen-bond acceptors (Lipinski definition) is 2. The number of anilines is 2. The van der Waals surface area contributed by atoms with Crippen molar-refractivity contribution in [1.82, 2.24) is 0 Å². The highest BCUT2D eigenvalue weighted by Crippen LogP contribution is 2.35. The summed E-state index contributed by atoms with van der Waals surface area (Å²) >= 11 is 3.60. The Morgan fingerprint density at radius 1 is 1.50 bits per heavy atom. The van der Waals surface area contributed by atoms with Crippen molar-refractivity contribution in [2.75, 3.05) is 23.8 Å². The molecule has 1 aliphatic rings. The molecule has 0 saturated carbocycles. The van der Waals surface area contributed by atoms with E-state index in [1.807, 2.05) is 0 Å². The third-order valence-electron chi connectivity index (χ3n) is 2.67. The molecule has 14 heavy (non-hydrogen) atoms. The number of nitrogens with one attached hydrogen (secondary N) is 1. The zero-order chi connectivity index (χ0) is 10.1. The standard InChI is InChI=1S/C11H15BrN2/c1-8-6-7-14(2)11-9(12)4-3-5-10(11)13-8/h3-5,8,13H,6-7H2,1-2H3. The minimum atomic E-state index is 0.549. The number of hydrogen-bond donors (Lipinski definition) is 1. The molecule has 1 heterocycles. The minimum absolute atomic E-state index is 0.549. The van der Waals surface area contributed by atoms with E-state index in [1.165, 1.54) is 22.3 Å². The summed E-state index contributed by atoms with van der Waals surface area (Å²) in [5.41, 5.74) is 2.50. The second-order valence-corrected chi connectivity index (χ2v) is 4.75. The average molecular weight is 255 g/mol. The Bertz CT molecular complexity index is 338. The molecule has 0 aromatic heterocycles. The monoisotopic (exact) mass is 254 g/mol. The van der Waals surface area contributed by atoms with Crippen LogP contribution in [0.2, 0.25) is 0 Å². The lowest BCUT2D eigenvalue weighted by atomic mass is 10.2. The average Bonchev–Trinajstić information content (AvgIpc) is 2.27. The van der Waals surface area contributed by atoms with Gasteiger partial charge < -0.3 is 10.2 Å². The van der Waals surface area contributed by atoms with E-state index in [1.54, 1.807) is 0 Å². The van der Waals surface area contributed by atoms with Gasteiger partial charge in [0.1, 0.15) is 0 Å². The van der Waals surface area contributed by atoms with Crippen LogP contribution in [0.15, 0.2) is 22.7 Å². The molecule has 1 aromatic carbocycles. The number of benzene rings is 1. The SMILES string of the molecule is CC1CCN(C)c2c(Br)cccc2N1. The molecule has 3 heteroatoms. The first kappa shape index (κ1) is 9.84. The molecule has 2 nitrogen and oxygen atoms in total. The van der Waals surface area contributed by atoms with E-state index in [2.05, 4.69) is 58.3 Å². The predicted molar refractivity (Wildman–Crippen MR) is 65.1 cm³/mol. The minimum Gasteiger partial charge on any atom is -0.381 e. The van der Waals surface area contributed by atoms with Crippen LogP contribution in [0.4, 0.5) is 11.4 Å². The van der Waals surface area contributed by atoms with E-state index in [4.69, 9.17) is 0 Å². The third-order valence-corrected chi connectivity index (χ3v) is 3.31. The van der Waals surface area contributed by atoms with E-state index in [0.717, 1.165) is 6.54 Å². The van der Waals surface area contributed by atoms with Crippen molar-refractivity contribution < 1.29 is 0 Å². The fourth-order valence-corrected chi connectivity index (χ4v) is 2.53. The Balaban J connectivity index is 2.46. The molecular weight excluding hydrogens is 240 g/mol. The van der Waals surface area contributed by atoms with Crippen LogP contribution in [-0.4, -0.2) is 19.6 Å². The van der Waals surface area contributed by atoms with Crippen LogP contribution < -0.4 is 10.2 Å². The first-order valence-corrected chi connectivity index (χ1v) is 5.74. The van der Waals surface area contributed by atoms with Crippen molar-refractivity contribution in [3.05, 3.63) is 22.7 Å². The smallest absolute Gasteiger partial charge is 0.0743 e. The lowest BCUT2D eigenvalue weighted by molar-refractivity contribution is 0.711. The summed E-state index contributed by atoms with van der Waals surface area (Å²) in [5, 5.41) is 3.52. The van der Waals surface area contributed by atoms with Gasteiger partial charge in [0.15, 0.2) is 0 Å². The molecule has 1 aromatic rings. The molecule has 2 rings (SSSR count). The van der Waals surface area contributed by atoms with E-state index in [0.29, 0.717) is 6.04 Å². The highest BCUT2D eigenvalue weighted by Gasteiger charge is 2.17. The van der Waals surface area contributed by atoms with E-state index in [9.17, 15) is 0 Å². The van der Waals surface area contributed by atoms with Gasteiger partial charge >= 0.3 is 0 Å². The molecule has 1 unspecified atom stereocenters. The van der Waals surface area contributed by atoms with Crippen molar-refractivity contribution in [2.45, 2.75) is 19.4 Å². The lowest BCUT2D eigenvalue weighted by Gasteiger charge is -2.20. The molecular formula is C11H15BrN2. The summed E-state index contributed by atoms with van der Waals surface area (Å²) in [5.74, 6) is 0. The predicted octanol–water partition coefficient (Wildman–Crippen LogP) is 3.09. The fourth-order valence-electron chi connectivity index (χ4n) is 1.86. The molecule has 0 fully saturated rings. The molecule has 0 spiro atoms. The van der Waals surface area contributed by atoms with E-state index in [-0.39, 0.29) is 0 Å². The van der Waals surface area contributed by atoms with Gasteiger partial charge in [-0.15, -0.1) is 0 Å². The van der Waals surface area contributed by atoms with Gasteiger partial charge in [0.2, 0.25) is 0 Å². The molecule has 0 amide bonds. The van der Waals surface area contributed by atoms with Crippen LogP contribution in [-0.2, 0) is 0 Å². The maximum Gasteiger partial charge on any atom is 0.0743 e. The van der Waals surface area contributed by atoms with Crippen LogP contribution in [0.5, 0.6) is 0 Å². The molecule has 1 atom stereocenters. The number of fused-ring (bicyclic) bond motifs is 1. The van der Waals surface area contributed by atoms with Gasteiger partial charge in [-0.25, -0.2) is 0 Å². The summed E-state index contributed by atoms with van der Waals surface area (Å²) in [7, 11) is 2.14. The van der Waals surface area contributed by atoms with Crippen LogP contribution in [0, 0.1) is 0 Å². The highest BCUT2D eigenvalue weighted by atomic mass is 79.9. The number of halogens is 1. The molecule has 0 aliphatic carbocycles. The lowest BCUT2D eigenvalue weighted by Crippen LogP contribution is -2.20. The van der Waals surface area contributed by atoms with E-state index >= 15 is 0 Å². The first-order chi connectivity index (χ1) is 6.68. The largest absolute Gasteiger partial charge is 0.381 e. The maximum absolute atomic E-state index is 3.60. The van der Waals surface area contributed by atoms with Gasteiger partial charge in [0.05, 0.1) is 11.4 Å². The molecule has 0 radical (unpaired) electrons. The van der Waals surface area contributed by atoms with Gasteiger partial charge in [-0.05, 0) is 41.4 Å².